The fraction of sp³-hybridized carbons (Fsp3) is 0.754. The smallest absolute Gasteiger partial charge is 0.325 e. The lowest BCUT2D eigenvalue weighted by Crippen LogP contribution is -2.59. The predicted molar refractivity (Wildman–Crippen MR) is 283 cm³/mol. The zero-order valence-corrected chi connectivity index (χ0v) is 46.2. The summed E-state index contributed by atoms with van der Waals surface area (Å²) in [6.07, 6.45) is 20.0. The SMILES string of the molecule is CC(C)CCC(C)C1CCC2C3CC=C4CC(OC(=O)CNC(=O)[C@@H]5CCCN5C(=O)[C@H](CC(C)C)NC(=O)[C@H](CCC(N)=O)NC(=O)[C@H](C)NC(=O)[C@H](C)NC(=O)C5=CN(C)C=CC5)CCC4(C)C3CCC12C. The third-order valence-corrected chi connectivity index (χ3v) is 18.0. The maximum absolute atomic E-state index is 14.3. The minimum atomic E-state index is -1.32. The normalized spacial score (nSPS) is 29.2. The summed E-state index contributed by atoms with van der Waals surface area (Å²) in [5, 5.41) is 13.3. The highest BCUT2D eigenvalue weighted by atomic mass is 16.5. The molecule has 17 heteroatoms. The Labute approximate surface area is 440 Å². The number of hydrogen-bond acceptors (Lipinski definition) is 10. The zero-order valence-electron chi connectivity index (χ0n) is 46.2. The molecular formula is C57H90N8O9. The molecule has 3 saturated carbocycles. The Kier molecular flexibility index (Phi) is 19.7. The molecule has 6 rings (SSSR count). The molecule has 6 aliphatic rings. The van der Waals surface area contributed by atoms with Crippen LogP contribution in [0, 0.1) is 52.3 Å². The second-order valence-corrected chi connectivity index (χ2v) is 24.3. The average Bonchev–Trinajstić information content (AvgIpc) is 3.98. The van der Waals surface area contributed by atoms with Crippen LogP contribution in [-0.2, 0) is 43.1 Å². The molecule has 13 atom stereocenters. The molecule has 17 nitrogen and oxygen atoms in total. The molecule has 0 aromatic rings. The number of primary amides is 1. The third kappa shape index (κ3) is 14.0. The Balaban J connectivity index is 0.998. The van der Waals surface area contributed by atoms with Crippen LogP contribution in [0.15, 0.2) is 35.7 Å². The van der Waals surface area contributed by atoms with Gasteiger partial charge in [0.15, 0.2) is 0 Å². The highest BCUT2D eigenvalue weighted by molar-refractivity contribution is 5.99. The minimum Gasteiger partial charge on any atom is -0.461 e. The molecule has 2 aliphatic heterocycles. The van der Waals surface area contributed by atoms with Crippen LogP contribution in [0.25, 0.3) is 0 Å². The van der Waals surface area contributed by atoms with Crippen molar-refractivity contribution in [2.75, 3.05) is 20.1 Å². The van der Waals surface area contributed by atoms with Gasteiger partial charge >= 0.3 is 5.97 Å². The van der Waals surface area contributed by atoms with Gasteiger partial charge in [0.05, 0.1) is 0 Å². The topological polar surface area (TPSA) is 238 Å². The van der Waals surface area contributed by atoms with Crippen LogP contribution in [0.5, 0.6) is 0 Å². The van der Waals surface area contributed by atoms with Crippen molar-refractivity contribution in [2.24, 2.45) is 58.0 Å². The molecule has 1 saturated heterocycles. The summed E-state index contributed by atoms with van der Waals surface area (Å²) in [4.78, 5) is 110. The number of nitrogens with two attached hydrogens (primary N) is 1. The maximum atomic E-state index is 14.3. The molecule has 0 aromatic carbocycles. The summed E-state index contributed by atoms with van der Waals surface area (Å²) in [7, 11) is 1.78. The van der Waals surface area contributed by atoms with Gasteiger partial charge in [-0.25, -0.2) is 0 Å². The molecule has 4 fully saturated rings. The number of nitrogens with one attached hydrogen (secondary N) is 5. The van der Waals surface area contributed by atoms with Gasteiger partial charge < -0.3 is 46.9 Å². The Morgan fingerprint density at radius 2 is 1.49 bits per heavy atom. The van der Waals surface area contributed by atoms with E-state index in [0.29, 0.717) is 48.5 Å². The molecule has 8 unspecified atom stereocenters. The van der Waals surface area contributed by atoms with Crippen molar-refractivity contribution in [2.45, 2.75) is 201 Å². The molecule has 0 aromatic heterocycles. The minimum absolute atomic E-state index is 0.0766. The Morgan fingerprint density at radius 1 is 0.784 bits per heavy atom. The lowest BCUT2D eigenvalue weighted by atomic mass is 9.47. The van der Waals surface area contributed by atoms with Crippen LogP contribution >= 0.6 is 0 Å². The Bertz CT molecular complexity index is 2190. The summed E-state index contributed by atoms with van der Waals surface area (Å²) in [5.41, 5.74) is 7.84. The number of rotatable bonds is 22. The molecule has 0 bridgehead atoms. The first-order valence-electron chi connectivity index (χ1n) is 28.0. The molecule has 2 heterocycles. The zero-order chi connectivity index (χ0) is 54.2. The van der Waals surface area contributed by atoms with Crippen LogP contribution in [0.3, 0.4) is 0 Å². The van der Waals surface area contributed by atoms with Gasteiger partial charge in [-0.1, -0.05) is 79.0 Å². The van der Waals surface area contributed by atoms with E-state index in [-0.39, 0.29) is 49.8 Å². The fourth-order valence-corrected chi connectivity index (χ4v) is 13.9. The van der Waals surface area contributed by atoms with E-state index in [0.717, 1.165) is 42.9 Å². The summed E-state index contributed by atoms with van der Waals surface area (Å²) in [6, 6.07) is -5.45. The quantitative estimate of drug-likeness (QED) is 0.0573. The van der Waals surface area contributed by atoms with E-state index in [1.165, 1.54) is 62.8 Å². The van der Waals surface area contributed by atoms with Crippen molar-refractivity contribution in [3.63, 3.8) is 0 Å². The fourth-order valence-electron chi connectivity index (χ4n) is 13.9. The summed E-state index contributed by atoms with van der Waals surface area (Å²) in [6.45, 7) is 18.8. The van der Waals surface area contributed by atoms with E-state index in [1.807, 2.05) is 26.1 Å². The summed E-state index contributed by atoms with van der Waals surface area (Å²) < 4.78 is 6.04. The highest BCUT2D eigenvalue weighted by Crippen LogP contribution is 2.67. The lowest BCUT2D eigenvalue weighted by Gasteiger charge is -2.58. The standard InChI is InChI=1S/C57H90N8O9/c1-33(2)15-16-35(5)42-19-20-43-41-18-17-39-30-40(23-25-56(39,8)44(41)24-26-57(42,43)9)74-49(67)31-59-54(72)47-14-12-28-65(47)55(73)46(29-34(3)4)63-53(71)45(21-22-48(58)66)62-51(69)37(7)60-50(68)36(6)61-52(70)38-13-11-27-64(10)32-38/h11,17,27,32-37,40-47H,12-16,18-26,28-31H2,1-10H3,(H2,58,66)(H,59,72)(H,60,68)(H,61,70)(H,62,69)(H,63,71)/t35?,36-,37-,40?,41?,42?,43?,44?,45-,46-,47-,56?,57?/m0/s1. The van der Waals surface area contributed by atoms with Gasteiger partial charge in [-0.05, 0) is 149 Å². The van der Waals surface area contributed by atoms with E-state index < -0.39 is 77.5 Å². The summed E-state index contributed by atoms with van der Waals surface area (Å²) >= 11 is 0. The molecule has 7 amide bonds. The first-order chi connectivity index (χ1) is 34.9. The number of allylic oxidation sites excluding steroid dienone is 2. The van der Waals surface area contributed by atoms with Crippen molar-refractivity contribution < 1.29 is 43.1 Å². The number of carbonyl (C=O) groups excluding carboxylic acids is 8. The van der Waals surface area contributed by atoms with Crippen molar-refractivity contribution in [1.82, 2.24) is 36.4 Å². The largest absolute Gasteiger partial charge is 0.461 e. The third-order valence-electron chi connectivity index (χ3n) is 18.0. The first kappa shape index (κ1) is 58.0. The second-order valence-electron chi connectivity index (χ2n) is 24.3. The molecule has 4 aliphatic carbocycles. The Morgan fingerprint density at radius 3 is 2.18 bits per heavy atom. The van der Waals surface area contributed by atoms with Crippen molar-refractivity contribution in [3.05, 3.63) is 35.7 Å². The predicted octanol–water partition coefficient (Wildman–Crippen LogP) is 5.68. The van der Waals surface area contributed by atoms with Crippen LogP contribution in [0.1, 0.15) is 165 Å². The first-order valence-corrected chi connectivity index (χ1v) is 28.0. The van der Waals surface area contributed by atoms with Crippen LogP contribution in [0.4, 0.5) is 0 Å². The van der Waals surface area contributed by atoms with Crippen molar-refractivity contribution >= 4 is 47.3 Å². The van der Waals surface area contributed by atoms with Crippen LogP contribution in [-0.4, -0.2) is 114 Å². The van der Waals surface area contributed by atoms with E-state index in [4.69, 9.17) is 10.5 Å². The van der Waals surface area contributed by atoms with Gasteiger partial charge in [-0.2, -0.15) is 0 Å². The van der Waals surface area contributed by atoms with E-state index in [2.05, 4.69) is 67.3 Å². The van der Waals surface area contributed by atoms with E-state index >= 15 is 0 Å². The Hall–Kier alpha value is -5.22. The molecule has 412 valence electrons. The summed E-state index contributed by atoms with van der Waals surface area (Å²) in [5.74, 6) is -0.424. The van der Waals surface area contributed by atoms with E-state index in [9.17, 15) is 38.4 Å². The van der Waals surface area contributed by atoms with Crippen LogP contribution in [0.2, 0.25) is 0 Å². The average molecular weight is 1030 g/mol. The number of ether oxygens (including phenoxy) is 1. The highest BCUT2D eigenvalue weighted by Gasteiger charge is 2.59. The molecule has 74 heavy (non-hydrogen) atoms. The number of carbonyl (C=O) groups is 8. The number of amides is 7. The van der Waals surface area contributed by atoms with Crippen molar-refractivity contribution in [1.29, 1.82) is 0 Å². The monoisotopic (exact) mass is 1030 g/mol. The van der Waals surface area contributed by atoms with Gasteiger partial charge in [-0.15, -0.1) is 0 Å². The van der Waals surface area contributed by atoms with Gasteiger partial charge in [0.25, 0.3) is 0 Å². The van der Waals surface area contributed by atoms with Gasteiger partial charge in [0.1, 0.15) is 42.9 Å². The molecule has 7 N–H and O–H groups in total. The number of nitrogens with zero attached hydrogens (tertiary/aromatic N) is 2. The van der Waals surface area contributed by atoms with Gasteiger partial charge in [0.2, 0.25) is 41.4 Å². The molecular weight excluding hydrogens is 941 g/mol. The van der Waals surface area contributed by atoms with Crippen LogP contribution < -0.4 is 32.3 Å². The van der Waals surface area contributed by atoms with Crippen molar-refractivity contribution in [3.8, 4) is 0 Å². The molecule has 0 radical (unpaired) electrons. The number of fused-ring (bicyclic) bond motifs is 5. The van der Waals surface area contributed by atoms with E-state index in [1.54, 1.807) is 18.1 Å². The number of hydrogen-bond donors (Lipinski definition) is 6. The molecule has 0 spiro atoms. The number of esters is 1. The number of likely N-dealkylation sites (tertiary alicyclic amines) is 1. The lowest BCUT2D eigenvalue weighted by molar-refractivity contribution is -0.152. The van der Waals surface area contributed by atoms with Gasteiger partial charge in [-0.3, -0.25) is 38.4 Å². The second kappa shape index (κ2) is 25.1. The maximum Gasteiger partial charge on any atom is 0.325 e. The van der Waals surface area contributed by atoms with Gasteiger partial charge in [0, 0.05) is 38.2 Å².